The van der Waals surface area contributed by atoms with E-state index in [1.807, 2.05) is 59.8 Å². The molecule has 3 aromatic heterocycles. The highest BCUT2D eigenvalue weighted by Gasteiger charge is 2.43. The van der Waals surface area contributed by atoms with Crippen LogP contribution in [0.4, 0.5) is 11.5 Å². The molecular formula is C31H30N8O3. The van der Waals surface area contributed by atoms with Gasteiger partial charge in [0, 0.05) is 43.7 Å². The predicted octanol–water partition coefficient (Wildman–Crippen LogP) is 5.24. The lowest BCUT2D eigenvalue weighted by molar-refractivity contribution is -0.131. The number of piperidine rings is 1. The molecule has 2 unspecified atom stereocenters. The third-order valence-corrected chi connectivity index (χ3v) is 8.11. The van der Waals surface area contributed by atoms with Gasteiger partial charge in [-0.1, -0.05) is 6.58 Å². The Morgan fingerprint density at radius 3 is 2.67 bits per heavy atom. The van der Waals surface area contributed by atoms with Crippen molar-refractivity contribution in [2.75, 3.05) is 5.32 Å². The van der Waals surface area contributed by atoms with Gasteiger partial charge in [0.25, 0.3) is 0 Å². The number of carbonyl (C=O) groups excluding carboxylic acids is 1. The van der Waals surface area contributed by atoms with E-state index < -0.39 is 0 Å². The number of nitrogens with one attached hydrogen (secondary N) is 1. The molecule has 1 N–H and O–H groups in total. The van der Waals surface area contributed by atoms with Crippen LogP contribution < -0.4 is 14.8 Å². The van der Waals surface area contributed by atoms with E-state index in [9.17, 15) is 4.79 Å². The first-order valence-corrected chi connectivity index (χ1v) is 14.0. The van der Waals surface area contributed by atoms with E-state index in [-0.39, 0.29) is 30.1 Å². The second-order valence-electron chi connectivity index (χ2n) is 10.9. The predicted molar refractivity (Wildman–Crippen MR) is 158 cm³/mol. The van der Waals surface area contributed by atoms with E-state index in [4.69, 9.17) is 9.47 Å². The lowest BCUT2D eigenvalue weighted by atomic mass is 9.99. The molecule has 11 nitrogen and oxygen atoms in total. The van der Waals surface area contributed by atoms with Gasteiger partial charge in [0.1, 0.15) is 35.0 Å². The fourth-order valence-electron chi connectivity index (χ4n) is 6.11. The monoisotopic (exact) mass is 562 g/mol. The molecule has 2 fully saturated rings. The summed E-state index contributed by atoms with van der Waals surface area (Å²) in [6.07, 6.45) is 9.71. The maximum atomic E-state index is 12.3. The molecule has 2 atom stereocenters. The summed E-state index contributed by atoms with van der Waals surface area (Å²) in [6.45, 7) is 5.65. The van der Waals surface area contributed by atoms with Gasteiger partial charge in [0.15, 0.2) is 5.82 Å². The van der Waals surface area contributed by atoms with E-state index in [1.54, 1.807) is 12.5 Å². The van der Waals surface area contributed by atoms with E-state index in [0.29, 0.717) is 16.9 Å². The summed E-state index contributed by atoms with van der Waals surface area (Å²) < 4.78 is 14.4. The Kier molecular flexibility index (Phi) is 6.41. The topological polar surface area (TPSA) is 120 Å². The second kappa shape index (κ2) is 10.4. The molecular weight excluding hydrogens is 532 g/mol. The van der Waals surface area contributed by atoms with Crippen molar-refractivity contribution in [2.45, 2.75) is 50.8 Å². The Bertz CT molecular complexity index is 1820. The van der Waals surface area contributed by atoms with Gasteiger partial charge < -0.3 is 24.3 Å². The van der Waals surface area contributed by atoms with Crippen LogP contribution in [0.3, 0.4) is 0 Å². The number of hydrogen-bond acceptors (Lipinski definition) is 9. The van der Waals surface area contributed by atoms with Crippen LogP contribution in [0, 0.1) is 6.92 Å². The first-order valence-electron chi connectivity index (χ1n) is 14.0. The quantitative estimate of drug-likeness (QED) is 0.266. The third-order valence-electron chi connectivity index (χ3n) is 8.11. The minimum absolute atomic E-state index is 0.00316. The van der Waals surface area contributed by atoms with Crippen LogP contribution in [-0.2, 0) is 11.8 Å². The molecule has 2 aliphatic heterocycles. The first kappa shape index (κ1) is 25.9. The van der Waals surface area contributed by atoms with Gasteiger partial charge >= 0.3 is 6.01 Å². The number of hydrogen-bond donors (Lipinski definition) is 1. The van der Waals surface area contributed by atoms with Crippen molar-refractivity contribution in [1.29, 1.82) is 0 Å². The Labute approximate surface area is 242 Å². The van der Waals surface area contributed by atoms with Crippen molar-refractivity contribution in [3.05, 3.63) is 73.5 Å². The maximum Gasteiger partial charge on any atom is 0.317 e. The number of rotatable bonds is 7. The van der Waals surface area contributed by atoms with Crippen LogP contribution in [0.2, 0.25) is 0 Å². The average Bonchev–Trinajstić information content (AvgIpc) is 3.49. The maximum absolute atomic E-state index is 12.3. The molecule has 0 aliphatic carbocycles. The van der Waals surface area contributed by atoms with Crippen molar-refractivity contribution in [1.82, 2.24) is 34.4 Å². The molecule has 11 heteroatoms. The number of amides is 1. The summed E-state index contributed by atoms with van der Waals surface area (Å²) in [7, 11) is 1.97. The van der Waals surface area contributed by atoms with Crippen molar-refractivity contribution in [2.24, 2.45) is 7.05 Å². The zero-order valence-corrected chi connectivity index (χ0v) is 23.4. The van der Waals surface area contributed by atoms with Crippen molar-refractivity contribution in [3.8, 4) is 17.5 Å². The number of aromatic nitrogens is 6. The van der Waals surface area contributed by atoms with Gasteiger partial charge in [-0.25, -0.2) is 19.9 Å². The fraction of sp³-hybridized carbons (Fsp3) is 0.290. The van der Waals surface area contributed by atoms with Crippen molar-refractivity contribution < 1.29 is 14.3 Å². The van der Waals surface area contributed by atoms with Crippen LogP contribution >= 0.6 is 0 Å². The van der Waals surface area contributed by atoms with E-state index in [2.05, 4.69) is 36.8 Å². The number of nitrogens with zero attached hydrogens (tertiary/aromatic N) is 7. The van der Waals surface area contributed by atoms with Crippen molar-refractivity contribution >= 4 is 39.5 Å². The smallest absolute Gasteiger partial charge is 0.317 e. The largest absolute Gasteiger partial charge is 0.460 e. The molecule has 0 radical (unpaired) electrons. The van der Waals surface area contributed by atoms with E-state index >= 15 is 0 Å². The van der Waals surface area contributed by atoms with Gasteiger partial charge in [0.05, 0.1) is 23.6 Å². The second-order valence-corrected chi connectivity index (χ2v) is 10.9. The van der Waals surface area contributed by atoms with E-state index in [1.165, 1.54) is 12.4 Å². The summed E-state index contributed by atoms with van der Waals surface area (Å²) in [5.74, 6) is 2.02. The molecule has 0 saturated carbocycles. The summed E-state index contributed by atoms with van der Waals surface area (Å²) in [5.41, 5.74) is 4.88. The molecule has 42 heavy (non-hydrogen) atoms. The Morgan fingerprint density at radius 1 is 1.05 bits per heavy atom. The van der Waals surface area contributed by atoms with Gasteiger partial charge in [0.2, 0.25) is 5.91 Å². The zero-order valence-electron chi connectivity index (χ0n) is 23.4. The number of imidazole rings is 1. The lowest BCUT2D eigenvalue weighted by Gasteiger charge is -2.37. The number of fused-ring (bicyclic) bond motifs is 4. The summed E-state index contributed by atoms with van der Waals surface area (Å²) in [5, 5.41) is 3.37. The SMILES string of the molecule is C=CC(=O)N1C2CCC1CC(Oc1ncc3ncnc(Nc4ccc(Oc5ccc6c(c5)ncn6C)c(C)c4)c3n1)C2. The minimum atomic E-state index is -0.0663. The van der Waals surface area contributed by atoms with Crippen LogP contribution in [0.25, 0.3) is 22.1 Å². The van der Waals surface area contributed by atoms with Crippen LogP contribution in [0.5, 0.6) is 17.5 Å². The highest BCUT2D eigenvalue weighted by Crippen LogP contribution is 2.37. The number of aryl methyl sites for hydroxylation is 2. The molecule has 5 aromatic rings. The molecule has 7 rings (SSSR count). The van der Waals surface area contributed by atoms with Gasteiger partial charge in [-0.05, 0) is 61.7 Å². The highest BCUT2D eigenvalue weighted by molar-refractivity contribution is 5.88. The van der Waals surface area contributed by atoms with Gasteiger partial charge in [-0.15, -0.1) is 0 Å². The number of carbonyl (C=O) groups is 1. The Morgan fingerprint density at radius 2 is 1.88 bits per heavy atom. The normalized spacial score (nSPS) is 19.7. The molecule has 2 aliphatic rings. The molecule has 1 amide bonds. The fourth-order valence-corrected chi connectivity index (χ4v) is 6.11. The molecule has 2 bridgehead atoms. The standard InChI is InChI=1S/C31H30N8O3/c1-4-28(40)39-20-6-7-21(39)13-23(12-20)42-31-32-15-25-29(37-31)30(34-16-33-25)36-19-5-10-27(18(2)11-19)41-22-8-9-26-24(14-22)35-17-38(26)3/h4-5,8-11,14-17,20-21,23H,1,6-7,12-13H2,2-3H3,(H,33,34,36). The van der Waals surface area contributed by atoms with Crippen LogP contribution in [-0.4, -0.2) is 58.5 Å². The average molecular weight is 563 g/mol. The molecule has 2 aromatic carbocycles. The minimum Gasteiger partial charge on any atom is -0.460 e. The molecule has 212 valence electrons. The van der Waals surface area contributed by atoms with Gasteiger partial charge in [-0.3, -0.25) is 4.79 Å². The Balaban J connectivity index is 1.08. The number of benzene rings is 2. The highest BCUT2D eigenvalue weighted by atomic mass is 16.5. The van der Waals surface area contributed by atoms with E-state index in [0.717, 1.165) is 59.5 Å². The van der Waals surface area contributed by atoms with Crippen LogP contribution in [0.1, 0.15) is 31.2 Å². The number of anilines is 2. The van der Waals surface area contributed by atoms with Crippen molar-refractivity contribution in [3.63, 3.8) is 0 Å². The molecule has 5 heterocycles. The molecule has 2 saturated heterocycles. The van der Waals surface area contributed by atoms with Crippen LogP contribution in [0.15, 0.2) is 67.9 Å². The lowest BCUT2D eigenvalue weighted by Crippen LogP contribution is -2.48. The third kappa shape index (κ3) is 4.76. The zero-order chi connectivity index (χ0) is 28.8. The first-order chi connectivity index (χ1) is 20.4. The van der Waals surface area contributed by atoms with Gasteiger partial charge in [-0.2, -0.15) is 4.98 Å². The summed E-state index contributed by atoms with van der Waals surface area (Å²) >= 11 is 0. The summed E-state index contributed by atoms with van der Waals surface area (Å²) in [4.78, 5) is 36.5. The Hall–Kier alpha value is -5.06. The summed E-state index contributed by atoms with van der Waals surface area (Å²) in [6, 6.07) is 12.3. The number of ether oxygens (including phenoxy) is 2. The molecule has 0 spiro atoms.